The molecule has 0 radical (unpaired) electrons. The molecule has 0 bridgehead atoms. The Balaban J connectivity index is 2.14. The smallest absolute Gasteiger partial charge is 0.328 e. The molecule has 114 valence electrons. The van der Waals surface area contributed by atoms with Gasteiger partial charge >= 0.3 is 12.0 Å². The highest BCUT2D eigenvalue weighted by atomic mass is 35.5. The van der Waals surface area contributed by atoms with Crippen molar-refractivity contribution in [3.63, 3.8) is 0 Å². The minimum atomic E-state index is -0.554. The van der Waals surface area contributed by atoms with Crippen molar-refractivity contribution >= 4 is 40.9 Å². The van der Waals surface area contributed by atoms with Crippen molar-refractivity contribution in [3.8, 4) is 0 Å². The summed E-state index contributed by atoms with van der Waals surface area (Å²) in [4.78, 5) is 25.6. The quantitative estimate of drug-likeness (QED) is 0.843. The highest BCUT2D eigenvalue weighted by Gasteiger charge is 2.33. The third-order valence-corrected chi connectivity index (χ3v) is 3.97. The number of rotatable bonds is 2. The summed E-state index contributed by atoms with van der Waals surface area (Å²) in [5.41, 5.74) is 0.420. The van der Waals surface area contributed by atoms with Crippen LogP contribution in [0.5, 0.6) is 0 Å². The van der Waals surface area contributed by atoms with Gasteiger partial charge in [-0.2, -0.15) is 0 Å². The fraction of sp³-hybridized carbons (Fsp3) is 0.429. The minimum absolute atomic E-state index is 0.380. The van der Waals surface area contributed by atoms with E-state index in [0.29, 0.717) is 28.7 Å². The number of hydrogen-bond donors (Lipinski definition) is 1. The number of amides is 2. The highest BCUT2D eigenvalue weighted by Crippen LogP contribution is 2.27. The van der Waals surface area contributed by atoms with Crippen molar-refractivity contribution in [1.29, 1.82) is 0 Å². The number of carbonyl (C=O) groups excluding carboxylic acids is 2. The standard InChI is InChI=1S/C14H16Cl2N2O3/c1-21-13(19)12-4-2-3-7-18(12)14(20)17-11-8-9(15)5-6-10(11)16/h5-6,8,12H,2-4,7H2,1H3,(H,17,20)/t12-/m1/s1. The lowest BCUT2D eigenvalue weighted by atomic mass is 10.0. The summed E-state index contributed by atoms with van der Waals surface area (Å²) in [5, 5.41) is 3.55. The van der Waals surface area contributed by atoms with Gasteiger partial charge < -0.3 is 15.0 Å². The zero-order valence-electron chi connectivity index (χ0n) is 11.6. The van der Waals surface area contributed by atoms with Crippen LogP contribution < -0.4 is 5.32 Å². The van der Waals surface area contributed by atoms with Crippen molar-refractivity contribution in [3.05, 3.63) is 28.2 Å². The van der Waals surface area contributed by atoms with E-state index in [0.717, 1.165) is 12.8 Å². The lowest BCUT2D eigenvalue weighted by molar-refractivity contribution is -0.146. The summed E-state index contributed by atoms with van der Waals surface area (Å²) >= 11 is 11.9. The Morgan fingerprint density at radius 2 is 2.10 bits per heavy atom. The average Bonchev–Trinajstić information content (AvgIpc) is 2.50. The second-order valence-electron chi connectivity index (χ2n) is 4.78. The Labute approximate surface area is 133 Å². The van der Waals surface area contributed by atoms with Crippen LogP contribution in [0.15, 0.2) is 18.2 Å². The topological polar surface area (TPSA) is 58.6 Å². The molecule has 1 aliphatic heterocycles. The van der Waals surface area contributed by atoms with Crippen LogP contribution in [0.25, 0.3) is 0 Å². The van der Waals surface area contributed by atoms with E-state index in [1.165, 1.54) is 12.0 Å². The number of likely N-dealkylation sites (tertiary alicyclic amines) is 1. The number of esters is 1. The van der Waals surface area contributed by atoms with Crippen LogP contribution in [-0.2, 0) is 9.53 Å². The van der Waals surface area contributed by atoms with Gasteiger partial charge in [-0.3, -0.25) is 0 Å². The van der Waals surface area contributed by atoms with Crippen molar-refractivity contribution in [1.82, 2.24) is 4.90 Å². The van der Waals surface area contributed by atoms with Crippen LogP contribution in [0.4, 0.5) is 10.5 Å². The average molecular weight is 331 g/mol. The maximum Gasteiger partial charge on any atom is 0.328 e. The maximum atomic E-state index is 12.4. The van der Waals surface area contributed by atoms with Crippen LogP contribution in [0, 0.1) is 0 Å². The molecule has 1 aliphatic rings. The maximum absolute atomic E-state index is 12.4. The molecule has 1 aromatic carbocycles. The number of methoxy groups -OCH3 is 1. The van der Waals surface area contributed by atoms with Crippen LogP contribution in [0.3, 0.4) is 0 Å². The molecule has 1 atom stereocenters. The molecule has 7 heteroatoms. The molecule has 0 aromatic heterocycles. The van der Waals surface area contributed by atoms with Crippen molar-refractivity contribution in [2.75, 3.05) is 19.0 Å². The number of nitrogens with zero attached hydrogens (tertiary/aromatic N) is 1. The molecule has 1 fully saturated rings. The number of nitrogens with one attached hydrogen (secondary N) is 1. The number of anilines is 1. The summed E-state index contributed by atoms with van der Waals surface area (Å²) in [5.74, 6) is -0.401. The van der Waals surface area contributed by atoms with E-state index >= 15 is 0 Å². The molecule has 0 spiro atoms. The molecule has 2 rings (SSSR count). The number of piperidine rings is 1. The van der Waals surface area contributed by atoms with E-state index in [1.54, 1.807) is 18.2 Å². The third-order valence-electron chi connectivity index (χ3n) is 3.41. The monoisotopic (exact) mass is 330 g/mol. The molecule has 1 aromatic rings. The predicted molar refractivity (Wildman–Crippen MR) is 81.8 cm³/mol. The molecule has 2 amide bonds. The number of urea groups is 1. The first-order valence-electron chi connectivity index (χ1n) is 6.63. The number of halogens is 2. The molecule has 0 saturated carbocycles. The minimum Gasteiger partial charge on any atom is -0.467 e. The van der Waals surface area contributed by atoms with E-state index < -0.39 is 12.0 Å². The third kappa shape index (κ3) is 3.80. The van der Waals surface area contributed by atoms with E-state index in [4.69, 9.17) is 27.9 Å². The van der Waals surface area contributed by atoms with Gasteiger partial charge in [0.05, 0.1) is 17.8 Å². The molecule has 0 aliphatic carbocycles. The normalized spacial score (nSPS) is 18.2. The lowest BCUT2D eigenvalue weighted by Gasteiger charge is -2.33. The lowest BCUT2D eigenvalue weighted by Crippen LogP contribution is -2.50. The first-order chi connectivity index (χ1) is 10.0. The molecular weight excluding hydrogens is 315 g/mol. The molecule has 21 heavy (non-hydrogen) atoms. The van der Waals surface area contributed by atoms with Gasteiger partial charge in [0.1, 0.15) is 6.04 Å². The number of ether oxygens (including phenoxy) is 1. The Kier molecular flexibility index (Phi) is 5.31. The second-order valence-corrected chi connectivity index (χ2v) is 5.63. The highest BCUT2D eigenvalue weighted by molar-refractivity contribution is 6.35. The summed E-state index contributed by atoms with van der Waals surface area (Å²) in [6, 6.07) is 3.88. The van der Waals surface area contributed by atoms with Crippen LogP contribution in [0.2, 0.25) is 10.0 Å². The zero-order chi connectivity index (χ0) is 15.4. The van der Waals surface area contributed by atoms with Crippen LogP contribution in [0.1, 0.15) is 19.3 Å². The molecule has 1 N–H and O–H groups in total. The van der Waals surface area contributed by atoms with Crippen molar-refractivity contribution in [2.24, 2.45) is 0 Å². The van der Waals surface area contributed by atoms with E-state index in [9.17, 15) is 9.59 Å². The number of carbonyl (C=O) groups is 2. The molecule has 1 saturated heterocycles. The number of hydrogen-bond acceptors (Lipinski definition) is 3. The van der Waals surface area contributed by atoms with Crippen molar-refractivity contribution < 1.29 is 14.3 Å². The molecule has 5 nitrogen and oxygen atoms in total. The van der Waals surface area contributed by atoms with Gasteiger partial charge in [-0.15, -0.1) is 0 Å². The SMILES string of the molecule is COC(=O)[C@H]1CCCCN1C(=O)Nc1cc(Cl)ccc1Cl. The molecule has 0 unspecified atom stereocenters. The second kappa shape index (κ2) is 7.00. The van der Waals surface area contributed by atoms with Crippen LogP contribution in [-0.4, -0.2) is 36.6 Å². The largest absolute Gasteiger partial charge is 0.467 e. The molecular formula is C14H16Cl2N2O3. The number of benzene rings is 1. The van der Waals surface area contributed by atoms with Gasteiger partial charge in [0.15, 0.2) is 0 Å². The van der Waals surface area contributed by atoms with Crippen molar-refractivity contribution in [2.45, 2.75) is 25.3 Å². The Bertz CT molecular complexity index is 551. The first kappa shape index (κ1) is 15.9. The first-order valence-corrected chi connectivity index (χ1v) is 7.39. The molecule has 1 heterocycles. The Morgan fingerprint density at radius 1 is 1.33 bits per heavy atom. The summed E-state index contributed by atoms with van der Waals surface area (Å²) in [6.45, 7) is 0.504. The fourth-order valence-electron chi connectivity index (χ4n) is 2.34. The van der Waals surface area contributed by atoms with E-state index in [2.05, 4.69) is 5.32 Å². The zero-order valence-corrected chi connectivity index (χ0v) is 13.1. The summed E-state index contributed by atoms with van der Waals surface area (Å²) in [6.07, 6.45) is 2.34. The van der Waals surface area contributed by atoms with Gasteiger partial charge in [-0.05, 0) is 37.5 Å². The van der Waals surface area contributed by atoms with Gasteiger partial charge in [-0.1, -0.05) is 23.2 Å². The summed E-state index contributed by atoms with van der Waals surface area (Å²) in [7, 11) is 1.32. The predicted octanol–water partition coefficient (Wildman–Crippen LogP) is 3.55. The Hall–Kier alpha value is -1.46. The Morgan fingerprint density at radius 3 is 2.81 bits per heavy atom. The van der Waals surface area contributed by atoms with E-state index in [1.807, 2.05) is 0 Å². The van der Waals surface area contributed by atoms with E-state index in [-0.39, 0.29) is 6.03 Å². The summed E-state index contributed by atoms with van der Waals surface area (Å²) < 4.78 is 4.76. The van der Waals surface area contributed by atoms with Gasteiger partial charge in [0.2, 0.25) is 0 Å². The van der Waals surface area contributed by atoms with Gasteiger partial charge in [0, 0.05) is 11.6 Å². The van der Waals surface area contributed by atoms with Gasteiger partial charge in [0.25, 0.3) is 0 Å². The fourth-order valence-corrected chi connectivity index (χ4v) is 2.67. The van der Waals surface area contributed by atoms with Gasteiger partial charge in [-0.25, -0.2) is 9.59 Å². The van der Waals surface area contributed by atoms with Crippen LogP contribution >= 0.6 is 23.2 Å².